The van der Waals surface area contributed by atoms with Gasteiger partial charge in [-0.2, -0.15) is 11.8 Å². The molecule has 2 atom stereocenters. The van der Waals surface area contributed by atoms with Crippen LogP contribution in [-0.2, 0) is 0 Å². The Labute approximate surface area is 119 Å². The van der Waals surface area contributed by atoms with E-state index in [1.54, 1.807) is 0 Å². The summed E-state index contributed by atoms with van der Waals surface area (Å²) in [5.74, 6) is 2.84. The highest BCUT2D eigenvalue weighted by atomic mass is 32.2. The third kappa shape index (κ3) is 3.57. The van der Waals surface area contributed by atoms with Crippen LogP contribution >= 0.6 is 11.8 Å². The summed E-state index contributed by atoms with van der Waals surface area (Å²) in [7, 11) is 0. The van der Waals surface area contributed by atoms with Crippen LogP contribution in [0, 0.1) is 0 Å². The lowest BCUT2D eigenvalue weighted by atomic mass is 10.0. The van der Waals surface area contributed by atoms with Crippen LogP contribution in [0.15, 0.2) is 18.2 Å². The zero-order chi connectivity index (χ0) is 13.7. The van der Waals surface area contributed by atoms with Crippen LogP contribution in [0.4, 0.5) is 0 Å². The maximum absolute atomic E-state index is 6.37. The Hall–Kier alpha value is -0.870. The van der Waals surface area contributed by atoms with E-state index in [-0.39, 0.29) is 6.04 Å². The van der Waals surface area contributed by atoms with E-state index in [4.69, 9.17) is 15.2 Å². The molecule has 1 aromatic rings. The smallest absolute Gasteiger partial charge is 0.161 e. The summed E-state index contributed by atoms with van der Waals surface area (Å²) in [5.41, 5.74) is 7.52. The van der Waals surface area contributed by atoms with E-state index in [1.165, 1.54) is 18.6 Å². The Morgan fingerprint density at radius 1 is 1.26 bits per heavy atom. The summed E-state index contributed by atoms with van der Waals surface area (Å²) in [4.78, 5) is 0. The van der Waals surface area contributed by atoms with Gasteiger partial charge in [-0.15, -0.1) is 0 Å². The molecule has 1 aromatic carbocycles. The minimum atomic E-state index is 0.0855. The van der Waals surface area contributed by atoms with Gasteiger partial charge in [0.1, 0.15) is 0 Å². The summed E-state index contributed by atoms with van der Waals surface area (Å²) < 4.78 is 11.2. The number of thioether (sulfide) groups is 1. The third-order valence-electron chi connectivity index (χ3n) is 3.32. The predicted molar refractivity (Wildman–Crippen MR) is 81.2 cm³/mol. The highest BCUT2D eigenvalue weighted by Crippen LogP contribution is 2.37. The molecule has 19 heavy (non-hydrogen) atoms. The zero-order valence-corrected chi connectivity index (χ0v) is 12.5. The summed E-state index contributed by atoms with van der Waals surface area (Å²) in [6.45, 7) is 5.24. The average Bonchev–Trinajstić information content (AvgIpc) is 2.94. The Bertz CT molecular complexity index is 405. The molecule has 0 spiro atoms. The fourth-order valence-corrected chi connectivity index (χ4v) is 3.71. The largest absolute Gasteiger partial charge is 0.490 e. The number of hydrogen-bond donors (Lipinski definition) is 1. The minimum absolute atomic E-state index is 0.0855. The standard InChI is InChI=1S/C15H23NO2S/c1-3-17-12-8-7-11(10-13(12)18-4-2)15(16)14-6-5-9-19-14/h7-8,10,14-15H,3-6,9,16H2,1-2H3. The molecular formula is C15H23NO2S. The van der Waals surface area contributed by atoms with Crippen molar-refractivity contribution >= 4 is 11.8 Å². The lowest BCUT2D eigenvalue weighted by Gasteiger charge is -2.20. The number of ether oxygens (including phenoxy) is 2. The molecule has 4 heteroatoms. The van der Waals surface area contributed by atoms with Crippen molar-refractivity contribution in [1.82, 2.24) is 0 Å². The molecule has 0 saturated carbocycles. The second-order valence-electron chi connectivity index (χ2n) is 4.65. The molecule has 106 valence electrons. The number of rotatable bonds is 6. The minimum Gasteiger partial charge on any atom is -0.490 e. The normalized spacial score (nSPS) is 20.3. The van der Waals surface area contributed by atoms with Gasteiger partial charge in [-0.05, 0) is 50.1 Å². The topological polar surface area (TPSA) is 44.5 Å². The number of nitrogens with two attached hydrogens (primary N) is 1. The van der Waals surface area contributed by atoms with Gasteiger partial charge in [0.25, 0.3) is 0 Å². The first-order valence-corrected chi connectivity index (χ1v) is 8.07. The van der Waals surface area contributed by atoms with Crippen LogP contribution in [0.25, 0.3) is 0 Å². The van der Waals surface area contributed by atoms with E-state index >= 15 is 0 Å². The highest BCUT2D eigenvalue weighted by Gasteiger charge is 2.24. The van der Waals surface area contributed by atoms with Crippen molar-refractivity contribution in [3.8, 4) is 11.5 Å². The van der Waals surface area contributed by atoms with Gasteiger partial charge in [0.2, 0.25) is 0 Å². The van der Waals surface area contributed by atoms with E-state index in [9.17, 15) is 0 Å². The van der Waals surface area contributed by atoms with Crippen molar-refractivity contribution in [2.75, 3.05) is 19.0 Å². The molecule has 3 nitrogen and oxygen atoms in total. The molecule has 1 heterocycles. The first-order valence-electron chi connectivity index (χ1n) is 7.03. The molecule has 1 aliphatic rings. The van der Waals surface area contributed by atoms with Gasteiger partial charge in [-0.3, -0.25) is 0 Å². The quantitative estimate of drug-likeness (QED) is 0.868. The molecule has 2 unspecified atom stereocenters. The molecule has 2 rings (SSSR count). The van der Waals surface area contributed by atoms with E-state index in [0.717, 1.165) is 17.1 Å². The van der Waals surface area contributed by atoms with E-state index in [1.807, 2.05) is 37.7 Å². The SMILES string of the molecule is CCOc1ccc(C(N)C2CCCS2)cc1OCC. The molecule has 0 amide bonds. The molecular weight excluding hydrogens is 258 g/mol. The fraction of sp³-hybridized carbons (Fsp3) is 0.600. The fourth-order valence-electron chi connectivity index (χ4n) is 2.38. The maximum Gasteiger partial charge on any atom is 0.161 e. The first-order chi connectivity index (χ1) is 9.26. The van der Waals surface area contributed by atoms with Crippen molar-refractivity contribution in [2.24, 2.45) is 5.73 Å². The van der Waals surface area contributed by atoms with Crippen LogP contribution in [0.5, 0.6) is 11.5 Å². The van der Waals surface area contributed by atoms with Gasteiger partial charge >= 0.3 is 0 Å². The van der Waals surface area contributed by atoms with Crippen LogP contribution in [0.3, 0.4) is 0 Å². The van der Waals surface area contributed by atoms with Crippen LogP contribution < -0.4 is 15.2 Å². The second kappa shape index (κ2) is 7.06. The van der Waals surface area contributed by atoms with Crippen molar-refractivity contribution < 1.29 is 9.47 Å². The summed E-state index contributed by atoms with van der Waals surface area (Å²) in [5, 5.41) is 0.535. The lowest BCUT2D eigenvalue weighted by Crippen LogP contribution is -2.21. The molecule has 1 aliphatic heterocycles. The third-order valence-corrected chi connectivity index (χ3v) is 4.80. The Kier molecular flexibility index (Phi) is 5.40. The Morgan fingerprint density at radius 3 is 2.63 bits per heavy atom. The van der Waals surface area contributed by atoms with Crippen LogP contribution in [-0.4, -0.2) is 24.2 Å². The molecule has 0 aliphatic carbocycles. The van der Waals surface area contributed by atoms with Crippen LogP contribution in [0.1, 0.15) is 38.3 Å². The van der Waals surface area contributed by atoms with Gasteiger partial charge in [0, 0.05) is 11.3 Å². The van der Waals surface area contributed by atoms with Gasteiger partial charge < -0.3 is 15.2 Å². The van der Waals surface area contributed by atoms with Crippen molar-refractivity contribution in [2.45, 2.75) is 38.0 Å². The van der Waals surface area contributed by atoms with Crippen LogP contribution in [0.2, 0.25) is 0 Å². The molecule has 0 bridgehead atoms. The van der Waals surface area contributed by atoms with Crippen molar-refractivity contribution in [1.29, 1.82) is 0 Å². The maximum atomic E-state index is 6.37. The zero-order valence-electron chi connectivity index (χ0n) is 11.7. The number of hydrogen-bond acceptors (Lipinski definition) is 4. The molecule has 0 radical (unpaired) electrons. The first kappa shape index (κ1) is 14.5. The molecule has 1 saturated heterocycles. The van der Waals surface area contributed by atoms with Gasteiger partial charge in [-0.1, -0.05) is 6.07 Å². The molecule has 0 aromatic heterocycles. The average molecular weight is 281 g/mol. The predicted octanol–water partition coefficient (Wildman–Crippen LogP) is 3.38. The van der Waals surface area contributed by atoms with Crippen molar-refractivity contribution in [3.63, 3.8) is 0 Å². The molecule has 2 N–H and O–H groups in total. The summed E-state index contributed by atoms with van der Waals surface area (Å²) in [6.07, 6.45) is 2.49. The lowest BCUT2D eigenvalue weighted by molar-refractivity contribution is 0.287. The Morgan fingerprint density at radius 2 is 2.00 bits per heavy atom. The van der Waals surface area contributed by atoms with E-state index in [2.05, 4.69) is 6.07 Å². The van der Waals surface area contributed by atoms with E-state index in [0.29, 0.717) is 18.5 Å². The molecule has 1 fully saturated rings. The second-order valence-corrected chi connectivity index (χ2v) is 6.00. The van der Waals surface area contributed by atoms with Gasteiger partial charge in [0.15, 0.2) is 11.5 Å². The van der Waals surface area contributed by atoms with Gasteiger partial charge in [-0.25, -0.2) is 0 Å². The number of benzene rings is 1. The highest BCUT2D eigenvalue weighted by molar-refractivity contribution is 8.00. The summed E-state index contributed by atoms with van der Waals surface area (Å²) >= 11 is 1.98. The van der Waals surface area contributed by atoms with Crippen molar-refractivity contribution in [3.05, 3.63) is 23.8 Å². The van der Waals surface area contributed by atoms with E-state index < -0.39 is 0 Å². The monoisotopic (exact) mass is 281 g/mol. The van der Waals surface area contributed by atoms with Gasteiger partial charge in [0.05, 0.1) is 13.2 Å². The Balaban J connectivity index is 2.18. The summed E-state index contributed by atoms with van der Waals surface area (Å²) in [6, 6.07) is 6.17.